The Balaban J connectivity index is 2.01. The van der Waals surface area contributed by atoms with E-state index in [2.05, 4.69) is 15.6 Å². The number of carbonyl (C=O) groups is 1. The Morgan fingerprint density at radius 3 is 3.11 bits per heavy atom. The quantitative estimate of drug-likeness (QED) is 0.847. The zero-order valence-electron chi connectivity index (χ0n) is 10.8. The van der Waals surface area contributed by atoms with Crippen LogP contribution in [0.2, 0.25) is 0 Å². The van der Waals surface area contributed by atoms with Crippen LogP contribution in [0.3, 0.4) is 0 Å². The van der Waals surface area contributed by atoms with Crippen LogP contribution in [0.4, 0.5) is 5.69 Å². The van der Waals surface area contributed by atoms with Gasteiger partial charge in [-0.15, -0.1) is 0 Å². The van der Waals surface area contributed by atoms with Crippen molar-refractivity contribution < 1.29 is 9.53 Å². The molecule has 1 aliphatic heterocycles. The molecule has 0 saturated carbocycles. The van der Waals surface area contributed by atoms with E-state index in [9.17, 15) is 4.79 Å². The van der Waals surface area contributed by atoms with Gasteiger partial charge in [-0.25, -0.2) is 0 Å². The molecule has 0 bridgehead atoms. The Bertz CT molecular complexity index is 422. The topological polar surface area (TPSA) is 63.2 Å². The number of carbonyl (C=O) groups excluding carboxylic acids is 1. The molecule has 0 radical (unpaired) electrons. The smallest absolute Gasteiger partial charge is 0.270 e. The van der Waals surface area contributed by atoms with E-state index in [0.29, 0.717) is 12.3 Å². The van der Waals surface area contributed by atoms with Crippen molar-refractivity contribution >= 4 is 11.6 Å². The molecule has 1 amide bonds. The Hall–Kier alpha value is -1.62. The minimum Gasteiger partial charge on any atom is -0.385 e. The van der Waals surface area contributed by atoms with Gasteiger partial charge in [0.05, 0.1) is 12.1 Å². The fourth-order valence-electron chi connectivity index (χ4n) is 2.03. The second-order valence-electron chi connectivity index (χ2n) is 4.40. The molecule has 1 aromatic rings. The zero-order valence-corrected chi connectivity index (χ0v) is 10.8. The molecule has 0 spiro atoms. The number of ether oxygens (including phenoxy) is 1. The summed E-state index contributed by atoms with van der Waals surface area (Å²) in [6, 6.07) is 3.70. The largest absolute Gasteiger partial charge is 0.385 e. The van der Waals surface area contributed by atoms with Crippen molar-refractivity contribution in [1.82, 2.24) is 10.3 Å². The van der Waals surface area contributed by atoms with E-state index in [-0.39, 0.29) is 18.1 Å². The van der Waals surface area contributed by atoms with Crippen LogP contribution in [-0.4, -0.2) is 36.2 Å². The Morgan fingerprint density at radius 1 is 1.61 bits per heavy atom. The highest BCUT2D eigenvalue weighted by Gasteiger charge is 2.26. The average Bonchev–Trinajstić information content (AvgIpc) is 2.76. The van der Waals surface area contributed by atoms with Crippen LogP contribution in [0.5, 0.6) is 0 Å². The van der Waals surface area contributed by atoms with E-state index in [1.165, 1.54) is 0 Å². The molecule has 0 aromatic carbocycles. The van der Waals surface area contributed by atoms with Crippen molar-refractivity contribution in [3.63, 3.8) is 0 Å². The lowest BCUT2D eigenvalue weighted by atomic mass is 10.1. The average molecular weight is 249 g/mol. The first-order chi connectivity index (χ1) is 8.70. The van der Waals surface area contributed by atoms with Gasteiger partial charge in [-0.3, -0.25) is 9.78 Å². The van der Waals surface area contributed by atoms with Crippen molar-refractivity contribution in [3.05, 3.63) is 24.0 Å². The fourth-order valence-corrected chi connectivity index (χ4v) is 2.03. The summed E-state index contributed by atoms with van der Waals surface area (Å²) in [6.45, 7) is 5.51. The van der Waals surface area contributed by atoms with Gasteiger partial charge in [0.15, 0.2) is 0 Å². The molecule has 1 fully saturated rings. The predicted molar refractivity (Wildman–Crippen MR) is 69.7 cm³/mol. The predicted octanol–water partition coefficient (Wildman–Crippen LogP) is 1.42. The first-order valence-corrected chi connectivity index (χ1v) is 6.33. The fraction of sp³-hybridized carbons (Fsp3) is 0.538. The summed E-state index contributed by atoms with van der Waals surface area (Å²) < 4.78 is 5.42. The van der Waals surface area contributed by atoms with E-state index < -0.39 is 0 Å². The van der Waals surface area contributed by atoms with Gasteiger partial charge in [0.2, 0.25) is 0 Å². The van der Waals surface area contributed by atoms with Gasteiger partial charge in [0, 0.05) is 25.0 Å². The number of anilines is 1. The third kappa shape index (κ3) is 2.98. The maximum absolute atomic E-state index is 12.0. The van der Waals surface area contributed by atoms with Crippen molar-refractivity contribution in [3.8, 4) is 0 Å². The Morgan fingerprint density at radius 2 is 2.44 bits per heavy atom. The summed E-state index contributed by atoms with van der Waals surface area (Å²) in [4.78, 5) is 16.1. The number of amides is 1. The second-order valence-corrected chi connectivity index (χ2v) is 4.40. The number of nitrogens with zero attached hydrogens (tertiary/aromatic N) is 1. The molecule has 1 saturated heterocycles. The van der Waals surface area contributed by atoms with Gasteiger partial charge in [-0.2, -0.15) is 0 Å². The molecule has 5 nitrogen and oxygen atoms in total. The third-order valence-corrected chi connectivity index (χ3v) is 3.07. The number of pyridine rings is 1. The van der Waals surface area contributed by atoms with Gasteiger partial charge < -0.3 is 15.4 Å². The lowest BCUT2D eigenvalue weighted by Crippen LogP contribution is -2.39. The van der Waals surface area contributed by atoms with E-state index in [1.807, 2.05) is 19.9 Å². The van der Waals surface area contributed by atoms with Crippen molar-refractivity contribution in [1.29, 1.82) is 0 Å². The number of nitrogens with one attached hydrogen (secondary N) is 2. The highest BCUT2D eigenvalue weighted by atomic mass is 16.5. The number of hydrogen-bond acceptors (Lipinski definition) is 4. The zero-order chi connectivity index (χ0) is 13.0. The van der Waals surface area contributed by atoms with Crippen LogP contribution in [0.15, 0.2) is 18.3 Å². The van der Waals surface area contributed by atoms with Gasteiger partial charge in [0.1, 0.15) is 5.69 Å². The molecule has 2 heterocycles. The number of hydrogen-bond donors (Lipinski definition) is 2. The minimum absolute atomic E-state index is 0.0749. The van der Waals surface area contributed by atoms with Crippen LogP contribution in [-0.2, 0) is 4.74 Å². The molecule has 18 heavy (non-hydrogen) atoms. The van der Waals surface area contributed by atoms with Gasteiger partial charge in [0.25, 0.3) is 5.91 Å². The Labute approximate surface area is 107 Å². The lowest BCUT2D eigenvalue weighted by Gasteiger charge is -2.15. The first kappa shape index (κ1) is 12.8. The van der Waals surface area contributed by atoms with Gasteiger partial charge >= 0.3 is 0 Å². The van der Waals surface area contributed by atoms with E-state index in [4.69, 9.17) is 4.74 Å². The van der Waals surface area contributed by atoms with Crippen molar-refractivity contribution in [2.45, 2.75) is 32.4 Å². The Kier molecular flexibility index (Phi) is 4.15. The summed E-state index contributed by atoms with van der Waals surface area (Å²) in [5.41, 5.74) is 1.35. The molecule has 98 valence electrons. The maximum Gasteiger partial charge on any atom is 0.270 e. The maximum atomic E-state index is 12.0. The van der Waals surface area contributed by atoms with Crippen LogP contribution in [0.1, 0.15) is 30.8 Å². The molecular weight excluding hydrogens is 230 g/mol. The summed E-state index contributed by atoms with van der Waals surface area (Å²) in [5.74, 6) is -0.142. The monoisotopic (exact) mass is 249 g/mol. The summed E-state index contributed by atoms with van der Waals surface area (Å²) in [7, 11) is 0. The number of rotatable bonds is 4. The summed E-state index contributed by atoms with van der Waals surface area (Å²) in [6.07, 6.45) is 2.58. The lowest BCUT2D eigenvalue weighted by molar-refractivity contribution is 0.0862. The van der Waals surface area contributed by atoms with Crippen LogP contribution in [0.25, 0.3) is 0 Å². The molecular formula is C13H19N3O2. The van der Waals surface area contributed by atoms with Crippen molar-refractivity contribution in [2.75, 3.05) is 18.5 Å². The first-order valence-electron chi connectivity index (χ1n) is 6.33. The van der Waals surface area contributed by atoms with E-state index in [1.54, 1.807) is 12.3 Å². The summed E-state index contributed by atoms with van der Waals surface area (Å²) >= 11 is 0. The summed E-state index contributed by atoms with van der Waals surface area (Å²) in [5, 5.41) is 6.12. The standard InChI is InChI=1S/C13H19N3O2/c1-3-14-10-4-6-15-12(8-10)13(17)16-11-5-7-18-9(11)2/h4,6,8-9,11H,3,5,7H2,1-2H3,(H,14,15)(H,16,17). The molecule has 2 N–H and O–H groups in total. The molecule has 2 rings (SSSR count). The van der Waals surface area contributed by atoms with E-state index >= 15 is 0 Å². The molecule has 1 aliphatic rings. The molecule has 2 atom stereocenters. The van der Waals surface area contributed by atoms with Crippen LogP contribution < -0.4 is 10.6 Å². The molecule has 2 unspecified atom stereocenters. The SMILES string of the molecule is CCNc1ccnc(C(=O)NC2CCOC2C)c1. The molecule has 5 heteroatoms. The van der Waals surface area contributed by atoms with Crippen LogP contribution >= 0.6 is 0 Å². The van der Waals surface area contributed by atoms with Gasteiger partial charge in [-0.1, -0.05) is 0 Å². The molecule has 0 aliphatic carbocycles. The highest BCUT2D eigenvalue weighted by Crippen LogP contribution is 2.14. The minimum atomic E-state index is -0.142. The van der Waals surface area contributed by atoms with Crippen LogP contribution in [0, 0.1) is 0 Å². The highest BCUT2D eigenvalue weighted by molar-refractivity contribution is 5.93. The van der Waals surface area contributed by atoms with Crippen molar-refractivity contribution in [2.24, 2.45) is 0 Å². The second kappa shape index (κ2) is 5.82. The molecule has 1 aromatic heterocycles. The third-order valence-electron chi connectivity index (χ3n) is 3.07. The normalized spacial score (nSPS) is 22.8. The van der Waals surface area contributed by atoms with Gasteiger partial charge in [-0.05, 0) is 32.4 Å². The van der Waals surface area contributed by atoms with E-state index in [0.717, 1.165) is 18.7 Å². The number of aromatic nitrogens is 1.